The normalized spacial score (nSPS) is 12.8. The molecule has 0 amide bonds. The molecule has 0 saturated carbocycles. The van der Waals surface area contributed by atoms with Crippen LogP contribution in [-0.4, -0.2) is 42.2 Å². The van der Waals surface area contributed by atoms with E-state index in [1.165, 1.54) is 11.8 Å². The first kappa shape index (κ1) is 23.3. The maximum atomic E-state index is 11.0. The van der Waals surface area contributed by atoms with Crippen molar-refractivity contribution in [2.45, 2.75) is 23.9 Å². The van der Waals surface area contributed by atoms with E-state index in [9.17, 15) is 10.4 Å². The number of nitriles is 1. The number of thioether (sulfide) groups is 1. The first-order chi connectivity index (χ1) is 17.6. The molecular formula is C26H22N6O3S. The second-order valence-corrected chi connectivity index (χ2v) is 9.25. The number of nitrogens with zero attached hydrogens (tertiary/aromatic N) is 5. The number of rotatable bonds is 8. The molecule has 3 heterocycles. The molecule has 0 aliphatic heterocycles. The van der Waals surface area contributed by atoms with Gasteiger partial charge in [0, 0.05) is 5.56 Å². The summed E-state index contributed by atoms with van der Waals surface area (Å²) in [5, 5.41) is 29.7. The maximum Gasteiger partial charge on any atom is 0.192 e. The first-order valence-corrected chi connectivity index (χ1v) is 12.0. The zero-order valence-electron chi connectivity index (χ0n) is 19.5. The van der Waals surface area contributed by atoms with Crippen LogP contribution in [0, 0.1) is 11.3 Å². The molecule has 5 rings (SSSR count). The quantitative estimate of drug-likeness (QED) is 0.164. The van der Waals surface area contributed by atoms with E-state index in [2.05, 4.69) is 26.2 Å². The summed E-state index contributed by atoms with van der Waals surface area (Å²) in [6.07, 6.45) is 1.61. The third-order valence-electron chi connectivity index (χ3n) is 5.60. The Morgan fingerprint density at radius 3 is 2.81 bits per heavy atom. The van der Waals surface area contributed by atoms with Crippen molar-refractivity contribution in [3.63, 3.8) is 0 Å². The first-order valence-electron chi connectivity index (χ1n) is 11.1. The Bertz CT molecular complexity index is 1550. The van der Waals surface area contributed by atoms with E-state index in [1.807, 2.05) is 65.2 Å². The van der Waals surface area contributed by atoms with Crippen LogP contribution in [0.1, 0.15) is 18.5 Å². The highest BCUT2D eigenvalue weighted by molar-refractivity contribution is 7.99. The highest BCUT2D eigenvalue weighted by Gasteiger charge is 2.23. The summed E-state index contributed by atoms with van der Waals surface area (Å²) in [7, 11) is 1.61. The van der Waals surface area contributed by atoms with E-state index >= 15 is 0 Å². The lowest BCUT2D eigenvalue weighted by Gasteiger charge is -2.13. The van der Waals surface area contributed by atoms with Gasteiger partial charge in [-0.15, -0.1) is 10.2 Å². The van der Waals surface area contributed by atoms with Crippen molar-refractivity contribution in [3.8, 4) is 23.2 Å². The van der Waals surface area contributed by atoms with Crippen LogP contribution < -0.4 is 4.74 Å². The van der Waals surface area contributed by atoms with E-state index in [0.717, 1.165) is 22.4 Å². The fourth-order valence-electron chi connectivity index (χ4n) is 3.77. The zero-order chi connectivity index (χ0) is 25.1. The van der Waals surface area contributed by atoms with Gasteiger partial charge in [0.05, 0.1) is 36.2 Å². The topological polar surface area (TPSA) is 126 Å². The minimum absolute atomic E-state index is 0.0799. The Morgan fingerprint density at radius 1 is 1.19 bits per heavy atom. The Hall–Kier alpha value is -4.49. The molecule has 2 aromatic carbocycles. The van der Waals surface area contributed by atoms with Crippen molar-refractivity contribution in [2.75, 3.05) is 7.11 Å². The predicted octanol–water partition coefficient (Wildman–Crippen LogP) is 5.44. The lowest BCUT2D eigenvalue weighted by Crippen LogP contribution is -2.09. The predicted molar refractivity (Wildman–Crippen MR) is 136 cm³/mol. The van der Waals surface area contributed by atoms with Gasteiger partial charge in [0.15, 0.2) is 16.8 Å². The summed E-state index contributed by atoms with van der Waals surface area (Å²) in [6.45, 7) is 2.19. The van der Waals surface area contributed by atoms with E-state index < -0.39 is 5.25 Å². The van der Waals surface area contributed by atoms with Gasteiger partial charge in [0.2, 0.25) is 0 Å². The van der Waals surface area contributed by atoms with Gasteiger partial charge < -0.3 is 19.2 Å². The largest absolute Gasteiger partial charge is 0.510 e. The van der Waals surface area contributed by atoms with E-state index in [0.29, 0.717) is 29.1 Å². The van der Waals surface area contributed by atoms with Crippen LogP contribution in [0.4, 0.5) is 0 Å². The van der Waals surface area contributed by atoms with Crippen LogP contribution in [-0.2, 0) is 6.54 Å². The van der Waals surface area contributed by atoms with Gasteiger partial charge in [-0.05, 0) is 43.3 Å². The van der Waals surface area contributed by atoms with Gasteiger partial charge in [-0.1, -0.05) is 36.0 Å². The number of para-hydroxylation sites is 2. The Labute approximate surface area is 211 Å². The summed E-state index contributed by atoms with van der Waals surface area (Å²) in [5.74, 6) is 2.27. The van der Waals surface area contributed by atoms with E-state index in [-0.39, 0.29) is 11.3 Å². The molecule has 0 aliphatic carbocycles. The lowest BCUT2D eigenvalue weighted by atomic mass is 10.2. The molecule has 0 spiro atoms. The monoisotopic (exact) mass is 498 g/mol. The minimum Gasteiger partial charge on any atom is -0.510 e. The molecule has 3 aromatic heterocycles. The zero-order valence-corrected chi connectivity index (χ0v) is 20.4. The average Bonchev–Trinajstić information content (AvgIpc) is 3.65. The number of methoxy groups -OCH3 is 1. The summed E-state index contributed by atoms with van der Waals surface area (Å²) in [5.41, 5.74) is 2.41. The van der Waals surface area contributed by atoms with Gasteiger partial charge in [-0.2, -0.15) is 5.26 Å². The summed E-state index contributed by atoms with van der Waals surface area (Å²) in [4.78, 5) is 7.56. The molecule has 180 valence electrons. The van der Waals surface area contributed by atoms with Gasteiger partial charge in [-0.25, -0.2) is 4.98 Å². The van der Waals surface area contributed by atoms with E-state index in [1.54, 1.807) is 20.3 Å². The lowest BCUT2D eigenvalue weighted by molar-refractivity contribution is 0.401. The second-order valence-electron chi connectivity index (χ2n) is 7.94. The molecule has 0 radical (unpaired) electrons. The number of aliphatic hydroxyl groups excluding tert-OH is 1. The number of furan rings is 1. The number of aliphatic hydroxyl groups is 1. The van der Waals surface area contributed by atoms with Crippen molar-refractivity contribution >= 4 is 28.4 Å². The minimum atomic E-state index is -0.509. The SMILES string of the molecule is COc1cccc(-c2nnc(SC(C)/C(O)=C(\C#N)c3nc4ccccc4[nH]3)n2Cc2ccco2)c1. The molecule has 0 aliphatic rings. The second kappa shape index (κ2) is 10.0. The molecule has 9 nitrogen and oxygen atoms in total. The molecule has 36 heavy (non-hydrogen) atoms. The number of imidazole rings is 1. The number of ether oxygens (including phenoxy) is 1. The molecule has 1 atom stereocenters. The number of H-pyrrole nitrogens is 1. The van der Waals surface area contributed by atoms with Crippen molar-refractivity contribution < 1.29 is 14.3 Å². The number of nitrogens with one attached hydrogen (secondary N) is 1. The third-order valence-corrected chi connectivity index (χ3v) is 6.69. The molecule has 0 saturated heterocycles. The van der Waals surface area contributed by atoms with Gasteiger partial charge in [0.25, 0.3) is 0 Å². The molecule has 2 N–H and O–H groups in total. The van der Waals surface area contributed by atoms with Crippen molar-refractivity contribution in [1.82, 2.24) is 24.7 Å². The van der Waals surface area contributed by atoms with Crippen LogP contribution >= 0.6 is 11.8 Å². The van der Waals surface area contributed by atoms with Crippen molar-refractivity contribution in [2.24, 2.45) is 0 Å². The molecule has 0 bridgehead atoms. The molecule has 0 fully saturated rings. The maximum absolute atomic E-state index is 11.0. The van der Waals surface area contributed by atoms with Crippen LogP contribution in [0.25, 0.3) is 28.0 Å². The van der Waals surface area contributed by atoms with Crippen LogP contribution in [0.3, 0.4) is 0 Å². The number of hydrogen-bond donors (Lipinski definition) is 2. The average molecular weight is 499 g/mol. The van der Waals surface area contributed by atoms with Gasteiger partial charge in [-0.3, -0.25) is 4.57 Å². The van der Waals surface area contributed by atoms with Crippen molar-refractivity contribution in [3.05, 3.63) is 84.3 Å². The number of allylic oxidation sites excluding steroid dienone is 1. The smallest absolute Gasteiger partial charge is 0.192 e. The number of aromatic amines is 1. The Morgan fingerprint density at radius 2 is 2.06 bits per heavy atom. The number of aromatic nitrogens is 5. The summed E-state index contributed by atoms with van der Waals surface area (Å²) in [6, 6.07) is 20.8. The fraction of sp³-hybridized carbons (Fsp3) is 0.154. The third kappa shape index (κ3) is 4.56. The number of fused-ring (bicyclic) bond motifs is 1. The summed E-state index contributed by atoms with van der Waals surface area (Å²) >= 11 is 1.29. The highest BCUT2D eigenvalue weighted by atomic mass is 32.2. The van der Waals surface area contributed by atoms with Crippen molar-refractivity contribution in [1.29, 1.82) is 5.26 Å². The van der Waals surface area contributed by atoms with Crippen LogP contribution in [0.15, 0.2) is 82.3 Å². The highest BCUT2D eigenvalue weighted by Crippen LogP contribution is 2.33. The van der Waals surface area contributed by atoms with Gasteiger partial charge >= 0.3 is 0 Å². The summed E-state index contributed by atoms with van der Waals surface area (Å²) < 4.78 is 12.8. The fourth-order valence-corrected chi connectivity index (χ4v) is 4.68. The Balaban J connectivity index is 1.50. The van der Waals surface area contributed by atoms with E-state index in [4.69, 9.17) is 9.15 Å². The standard InChI is InChI=1S/C26H22N6O3S/c1-16(23(33)20(14-27)24-28-21-10-3-4-11-22(21)29-24)36-26-31-30-25(17-7-5-8-18(13-17)34-2)32(26)15-19-9-6-12-35-19/h3-13,16,33H,15H2,1-2H3,(H,28,29)/b23-20-. The number of benzene rings is 2. The molecule has 5 aromatic rings. The van der Waals surface area contributed by atoms with Crippen LogP contribution in [0.5, 0.6) is 5.75 Å². The molecular weight excluding hydrogens is 476 g/mol. The van der Waals surface area contributed by atoms with Gasteiger partial charge in [0.1, 0.15) is 28.9 Å². The molecule has 1 unspecified atom stereocenters. The Kier molecular flexibility index (Phi) is 6.47. The molecule has 10 heteroatoms. The van der Waals surface area contributed by atoms with Crippen LogP contribution in [0.2, 0.25) is 0 Å². The number of hydrogen-bond acceptors (Lipinski definition) is 8.